The van der Waals surface area contributed by atoms with Crippen molar-refractivity contribution in [1.82, 2.24) is 24.6 Å². The summed E-state index contributed by atoms with van der Waals surface area (Å²) in [5.74, 6) is 0.769. The van der Waals surface area contributed by atoms with E-state index in [0.29, 0.717) is 6.04 Å². The van der Waals surface area contributed by atoms with Crippen LogP contribution in [-0.2, 0) is 0 Å². The average Bonchev–Trinajstić information content (AvgIpc) is 3.04. The number of hydrogen-bond donors (Lipinski definition) is 1. The first-order valence-corrected chi connectivity index (χ1v) is 7.99. The van der Waals surface area contributed by atoms with Crippen LogP contribution in [0, 0.1) is 0 Å². The molecule has 3 aromatic rings. The molecule has 6 nitrogen and oxygen atoms in total. The van der Waals surface area contributed by atoms with Gasteiger partial charge in [-0.25, -0.2) is 4.98 Å². The average molecular weight is 308 g/mol. The van der Waals surface area contributed by atoms with Crippen LogP contribution in [-0.4, -0.2) is 44.8 Å². The second-order valence-electron chi connectivity index (χ2n) is 6.10. The Morgan fingerprint density at radius 2 is 2.00 bits per heavy atom. The number of rotatable bonds is 3. The smallest absolute Gasteiger partial charge is 0.157 e. The molecule has 0 saturated carbocycles. The van der Waals surface area contributed by atoms with Crippen molar-refractivity contribution in [1.29, 1.82) is 0 Å². The lowest BCUT2D eigenvalue weighted by atomic mass is 10.1. The number of fused-ring (bicyclic) bond motifs is 1. The summed E-state index contributed by atoms with van der Waals surface area (Å²) in [5.41, 5.74) is 1.83. The molecule has 4 rings (SSSR count). The molecule has 118 valence electrons. The number of nitrogens with zero attached hydrogens (tertiary/aromatic N) is 5. The SMILES string of the molecule is CN1CCC(n2cc(Nc3nccc4cccnc34)cn2)CC1. The molecule has 0 unspecified atom stereocenters. The first-order chi connectivity index (χ1) is 11.3. The van der Waals surface area contributed by atoms with Gasteiger partial charge >= 0.3 is 0 Å². The van der Waals surface area contributed by atoms with Gasteiger partial charge in [-0.1, -0.05) is 6.07 Å². The van der Waals surface area contributed by atoms with Gasteiger partial charge in [-0.2, -0.15) is 5.10 Å². The summed E-state index contributed by atoms with van der Waals surface area (Å²) in [7, 11) is 2.17. The maximum absolute atomic E-state index is 4.53. The van der Waals surface area contributed by atoms with Crippen molar-refractivity contribution in [3.63, 3.8) is 0 Å². The number of likely N-dealkylation sites (tertiary alicyclic amines) is 1. The van der Waals surface area contributed by atoms with Gasteiger partial charge in [0.25, 0.3) is 0 Å². The Morgan fingerprint density at radius 1 is 1.13 bits per heavy atom. The maximum atomic E-state index is 4.53. The van der Waals surface area contributed by atoms with Crippen LogP contribution in [0.25, 0.3) is 10.9 Å². The van der Waals surface area contributed by atoms with Crippen molar-refractivity contribution >= 4 is 22.4 Å². The lowest BCUT2D eigenvalue weighted by molar-refractivity contribution is 0.212. The van der Waals surface area contributed by atoms with E-state index in [9.17, 15) is 0 Å². The topological polar surface area (TPSA) is 58.9 Å². The number of nitrogens with one attached hydrogen (secondary N) is 1. The normalized spacial score (nSPS) is 16.7. The van der Waals surface area contributed by atoms with E-state index in [1.807, 2.05) is 24.4 Å². The van der Waals surface area contributed by atoms with Crippen LogP contribution < -0.4 is 5.32 Å². The summed E-state index contributed by atoms with van der Waals surface area (Å²) in [6, 6.07) is 6.43. The van der Waals surface area contributed by atoms with Crippen molar-refractivity contribution in [3.8, 4) is 0 Å². The number of anilines is 2. The molecular formula is C17H20N6. The predicted molar refractivity (Wildman–Crippen MR) is 90.8 cm³/mol. The highest BCUT2D eigenvalue weighted by Gasteiger charge is 2.19. The van der Waals surface area contributed by atoms with Gasteiger partial charge in [0.2, 0.25) is 0 Å². The molecule has 0 aromatic carbocycles. The summed E-state index contributed by atoms with van der Waals surface area (Å²) in [5, 5.41) is 8.95. The third-order valence-electron chi connectivity index (χ3n) is 4.45. The van der Waals surface area contributed by atoms with Crippen molar-refractivity contribution in [2.75, 3.05) is 25.5 Å². The van der Waals surface area contributed by atoms with Crippen molar-refractivity contribution in [3.05, 3.63) is 43.0 Å². The van der Waals surface area contributed by atoms with Crippen molar-refractivity contribution in [2.45, 2.75) is 18.9 Å². The van der Waals surface area contributed by atoms with Gasteiger partial charge in [-0.15, -0.1) is 0 Å². The third-order valence-corrected chi connectivity index (χ3v) is 4.45. The molecule has 3 aromatic heterocycles. The van der Waals surface area contributed by atoms with Crippen LogP contribution in [0.1, 0.15) is 18.9 Å². The molecule has 1 aliphatic heterocycles. The molecule has 0 aliphatic carbocycles. The monoisotopic (exact) mass is 308 g/mol. The first kappa shape index (κ1) is 14.1. The van der Waals surface area contributed by atoms with Crippen LogP contribution in [0.4, 0.5) is 11.5 Å². The van der Waals surface area contributed by atoms with Gasteiger partial charge in [0.05, 0.1) is 17.9 Å². The number of hydrogen-bond acceptors (Lipinski definition) is 5. The van der Waals surface area contributed by atoms with Gasteiger partial charge in [0.15, 0.2) is 5.82 Å². The second kappa shape index (κ2) is 5.96. The minimum absolute atomic E-state index is 0.486. The summed E-state index contributed by atoms with van der Waals surface area (Å²) in [4.78, 5) is 11.2. The van der Waals surface area contributed by atoms with Crippen LogP contribution >= 0.6 is 0 Å². The van der Waals surface area contributed by atoms with E-state index in [0.717, 1.165) is 48.3 Å². The fraction of sp³-hybridized carbons (Fsp3) is 0.353. The minimum atomic E-state index is 0.486. The highest BCUT2D eigenvalue weighted by atomic mass is 15.3. The molecule has 23 heavy (non-hydrogen) atoms. The van der Waals surface area contributed by atoms with E-state index in [4.69, 9.17) is 0 Å². The van der Waals surface area contributed by atoms with Gasteiger partial charge in [-0.05, 0) is 45.1 Å². The molecule has 0 atom stereocenters. The van der Waals surface area contributed by atoms with E-state index >= 15 is 0 Å². The minimum Gasteiger partial charge on any atom is -0.336 e. The molecule has 4 heterocycles. The zero-order valence-corrected chi connectivity index (χ0v) is 13.2. The first-order valence-electron chi connectivity index (χ1n) is 7.99. The Morgan fingerprint density at radius 3 is 2.87 bits per heavy atom. The van der Waals surface area contributed by atoms with Gasteiger partial charge in [0, 0.05) is 24.0 Å². The second-order valence-corrected chi connectivity index (χ2v) is 6.10. The van der Waals surface area contributed by atoms with E-state index in [1.54, 1.807) is 12.4 Å². The molecule has 0 spiro atoms. The Balaban J connectivity index is 1.55. The van der Waals surface area contributed by atoms with E-state index in [1.165, 1.54) is 0 Å². The van der Waals surface area contributed by atoms with E-state index in [2.05, 4.69) is 43.2 Å². The van der Waals surface area contributed by atoms with Crippen LogP contribution in [0.15, 0.2) is 43.0 Å². The molecule has 1 aliphatic rings. The lowest BCUT2D eigenvalue weighted by Crippen LogP contribution is -2.31. The summed E-state index contributed by atoms with van der Waals surface area (Å²) < 4.78 is 2.08. The molecule has 1 fully saturated rings. The highest BCUT2D eigenvalue weighted by Crippen LogP contribution is 2.25. The third kappa shape index (κ3) is 2.90. The summed E-state index contributed by atoms with van der Waals surface area (Å²) in [6.45, 7) is 2.25. The summed E-state index contributed by atoms with van der Waals surface area (Å²) in [6.07, 6.45) is 9.81. The zero-order chi connectivity index (χ0) is 15.6. The molecular weight excluding hydrogens is 288 g/mol. The van der Waals surface area contributed by atoms with Crippen LogP contribution in [0.3, 0.4) is 0 Å². The lowest BCUT2D eigenvalue weighted by Gasteiger charge is -2.28. The molecule has 0 radical (unpaired) electrons. The Labute approximate surface area is 135 Å². The quantitative estimate of drug-likeness (QED) is 0.806. The molecule has 1 N–H and O–H groups in total. The fourth-order valence-corrected chi connectivity index (χ4v) is 3.09. The van der Waals surface area contributed by atoms with Gasteiger partial charge in [0.1, 0.15) is 5.52 Å². The number of pyridine rings is 2. The highest BCUT2D eigenvalue weighted by molar-refractivity contribution is 5.89. The fourth-order valence-electron chi connectivity index (χ4n) is 3.09. The van der Waals surface area contributed by atoms with E-state index < -0.39 is 0 Å². The molecule has 1 saturated heterocycles. The van der Waals surface area contributed by atoms with Crippen molar-refractivity contribution in [2.24, 2.45) is 0 Å². The Hall–Kier alpha value is -2.47. The molecule has 0 amide bonds. The van der Waals surface area contributed by atoms with Crippen molar-refractivity contribution < 1.29 is 0 Å². The van der Waals surface area contributed by atoms with Crippen LogP contribution in [0.2, 0.25) is 0 Å². The molecule has 0 bridgehead atoms. The number of aromatic nitrogens is 4. The summed E-state index contributed by atoms with van der Waals surface area (Å²) >= 11 is 0. The molecule has 6 heteroatoms. The van der Waals surface area contributed by atoms with Crippen LogP contribution in [0.5, 0.6) is 0 Å². The van der Waals surface area contributed by atoms with Gasteiger partial charge < -0.3 is 10.2 Å². The Kier molecular flexibility index (Phi) is 3.67. The standard InChI is InChI=1S/C17H20N6/c1-22-9-5-15(6-10-22)23-12-14(11-20-23)21-17-16-13(4-8-19-17)3-2-7-18-16/h2-4,7-8,11-12,15H,5-6,9-10H2,1H3,(H,19,21). The Bertz CT molecular complexity index is 798. The van der Waals surface area contributed by atoms with E-state index in [-0.39, 0.29) is 0 Å². The maximum Gasteiger partial charge on any atom is 0.157 e. The zero-order valence-electron chi connectivity index (χ0n) is 13.2. The number of piperidine rings is 1. The largest absolute Gasteiger partial charge is 0.336 e. The predicted octanol–water partition coefficient (Wildman–Crippen LogP) is 2.84. The van der Waals surface area contributed by atoms with Gasteiger partial charge in [-0.3, -0.25) is 9.67 Å².